The Balaban J connectivity index is 2.54. The lowest BCUT2D eigenvalue weighted by Crippen LogP contribution is -2.41. The molecule has 0 saturated carbocycles. The van der Waals surface area contributed by atoms with Gasteiger partial charge in [-0.25, -0.2) is 9.36 Å². The Morgan fingerprint density at radius 1 is 1.08 bits per heavy atom. The van der Waals surface area contributed by atoms with E-state index in [0.29, 0.717) is 12.1 Å². The van der Waals surface area contributed by atoms with E-state index in [1.807, 2.05) is 0 Å². The Labute approximate surface area is 210 Å². The van der Waals surface area contributed by atoms with Crippen LogP contribution in [0.15, 0.2) is 30.3 Å². The molecule has 36 heavy (non-hydrogen) atoms. The fourth-order valence-electron chi connectivity index (χ4n) is 2.71. The third-order valence-corrected chi connectivity index (χ3v) is 5.79. The Morgan fingerprint density at radius 2 is 1.61 bits per heavy atom. The molecule has 2 aromatic rings. The van der Waals surface area contributed by atoms with Gasteiger partial charge < -0.3 is 28.7 Å². The standard InChI is InChI=1S/C19H17Cl2F3NO10P/c1-3-32-19(33-4-2,36(29,30)31)35-17(26)12-9-11(5-6-15(12)25(27)28)34-16-13(20)7-10(8-14(16)21)18(22,23)24/h5-9H,3-4H2,1-2H3,(H2,29,30,31). The summed E-state index contributed by atoms with van der Waals surface area (Å²) >= 11 is 11.7. The van der Waals surface area contributed by atoms with Gasteiger partial charge in [-0.05, 0) is 32.0 Å². The van der Waals surface area contributed by atoms with Gasteiger partial charge in [-0.2, -0.15) is 13.2 Å². The molecule has 0 radical (unpaired) electrons. The van der Waals surface area contributed by atoms with Gasteiger partial charge in [0.2, 0.25) is 0 Å². The zero-order valence-electron chi connectivity index (χ0n) is 18.2. The van der Waals surface area contributed by atoms with Crippen LogP contribution in [0.4, 0.5) is 18.9 Å². The molecule has 0 saturated heterocycles. The number of nitrogens with zero attached hydrogens (tertiary/aromatic N) is 1. The molecular weight excluding hydrogens is 561 g/mol. The first-order valence-electron chi connectivity index (χ1n) is 9.65. The van der Waals surface area contributed by atoms with Gasteiger partial charge in [0.1, 0.15) is 11.3 Å². The van der Waals surface area contributed by atoms with E-state index in [0.717, 1.165) is 18.2 Å². The van der Waals surface area contributed by atoms with Gasteiger partial charge in [0.25, 0.3) is 5.69 Å². The minimum absolute atomic E-state index is 0.370. The Kier molecular flexibility index (Phi) is 9.35. The topological polar surface area (TPSA) is 155 Å². The maximum absolute atomic E-state index is 12.9. The third kappa shape index (κ3) is 6.65. The van der Waals surface area contributed by atoms with E-state index in [9.17, 15) is 42.4 Å². The molecule has 0 fully saturated rings. The van der Waals surface area contributed by atoms with Gasteiger partial charge in [0.15, 0.2) is 5.75 Å². The summed E-state index contributed by atoms with van der Waals surface area (Å²) in [5, 5.41) is 10.3. The van der Waals surface area contributed by atoms with Crippen molar-refractivity contribution in [2.45, 2.75) is 25.7 Å². The van der Waals surface area contributed by atoms with Crippen LogP contribution in [-0.2, 0) is 25.0 Å². The lowest BCUT2D eigenvalue weighted by Gasteiger charge is -2.31. The number of rotatable bonds is 10. The number of hydrogen-bond donors (Lipinski definition) is 2. The minimum atomic E-state index is -5.47. The van der Waals surface area contributed by atoms with E-state index in [1.165, 1.54) is 13.8 Å². The largest absolute Gasteiger partial charge is 0.454 e. The van der Waals surface area contributed by atoms with Gasteiger partial charge in [0.05, 0.1) is 33.7 Å². The second kappa shape index (κ2) is 11.3. The van der Waals surface area contributed by atoms with Crippen LogP contribution in [0.1, 0.15) is 29.8 Å². The molecule has 0 bridgehead atoms. The lowest BCUT2D eigenvalue weighted by atomic mass is 10.1. The van der Waals surface area contributed by atoms with Crippen molar-refractivity contribution in [2.24, 2.45) is 0 Å². The van der Waals surface area contributed by atoms with Crippen molar-refractivity contribution < 1.29 is 56.2 Å². The van der Waals surface area contributed by atoms with Gasteiger partial charge in [-0.3, -0.25) is 10.1 Å². The monoisotopic (exact) mass is 577 g/mol. The SMILES string of the molecule is CCOC(OCC)(OC(=O)c1cc(Oc2c(Cl)cc(C(F)(F)F)cc2Cl)ccc1[N+](=O)[O-])P(=O)(O)O. The summed E-state index contributed by atoms with van der Waals surface area (Å²) in [4.78, 5) is 42.6. The molecule has 0 spiro atoms. The van der Waals surface area contributed by atoms with Crippen LogP contribution in [0.2, 0.25) is 10.0 Å². The summed E-state index contributed by atoms with van der Waals surface area (Å²) in [6.07, 6.45) is -4.76. The van der Waals surface area contributed by atoms with E-state index >= 15 is 0 Å². The first kappa shape index (κ1) is 29.8. The van der Waals surface area contributed by atoms with Crippen molar-refractivity contribution in [1.82, 2.24) is 0 Å². The van der Waals surface area contributed by atoms with Crippen LogP contribution in [0.5, 0.6) is 11.5 Å². The molecule has 2 N–H and O–H groups in total. The summed E-state index contributed by atoms with van der Waals surface area (Å²) in [6.45, 7) is 1.83. The van der Waals surface area contributed by atoms with E-state index in [1.54, 1.807) is 0 Å². The number of ether oxygens (including phenoxy) is 4. The number of carbonyl (C=O) groups excluding carboxylic acids is 1. The summed E-state index contributed by atoms with van der Waals surface area (Å²) in [7, 11) is -5.47. The summed E-state index contributed by atoms with van der Waals surface area (Å²) in [5.74, 6) is -2.49. The van der Waals surface area contributed by atoms with Crippen molar-refractivity contribution in [3.05, 3.63) is 61.6 Å². The Hall–Kier alpha value is -2.45. The van der Waals surface area contributed by atoms with E-state index in [-0.39, 0.29) is 5.75 Å². The first-order chi connectivity index (χ1) is 16.6. The molecule has 2 aromatic carbocycles. The van der Waals surface area contributed by atoms with Crippen LogP contribution in [-0.4, -0.2) is 39.6 Å². The lowest BCUT2D eigenvalue weighted by molar-refractivity contribution is -0.385. The smallest absolute Gasteiger partial charge is 0.436 e. The summed E-state index contributed by atoms with van der Waals surface area (Å²) in [5.41, 5.74) is -6.12. The molecule has 198 valence electrons. The van der Waals surface area contributed by atoms with E-state index in [4.69, 9.17) is 42.1 Å². The molecule has 0 aliphatic heterocycles. The van der Waals surface area contributed by atoms with Crippen molar-refractivity contribution in [1.29, 1.82) is 0 Å². The zero-order valence-corrected chi connectivity index (χ0v) is 20.7. The molecule has 0 aliphatic rings. The number of nitro benzene ring substituents is 1. The predicted octanol–water partition coefficient (Wildman–Crippen LogP) is 5.73. The number of hydrogen-bond acceptors (Lipinski definition) is 8. The quantitative estimate of drug-likeness (QED) is 0.117. The second-order valence-electron chi connectivity index (χ2n) is 6.63. The highest BCUT2D eigenvalue weighted by molar-refractivity contribution is 7.52. The summed E-state index contributed by atoms with van der Waals surface area (Å²) < 4.78 is 70.7. The van der Waals surface area contributed by atoms with Crippen molar-refractivity contribution in [3.8, 4) is 11.5 Å². The maximum atomic E-state index is 12.9. The molecule has 0 aliphatic carbocycles. The van der Waals surface area contributed by atoms with Gasteiger partial charge in [-0.15, -0.1) is 0 Å². The fraction of sp³-hybridized carbons (Fsp3) is 0.316. The molecule has 17 heteroatoms. The molecule has 0 unspecified atom stereocenters. The number of nitro groups is 1. The normalized spacial score (nSPS) is 12.4. The highest BCUT2D eigenvalue weighted by Crippen LogP contribution is 2.53. The Bertz CT molecular complexity index is 1180. The highest BCUT2D eigenvalue weighted by atomic mass is 35.5. The molecular formula is C19H17Cl2F3NO10P. The molecule has 2 rings (SSSR count). The van der Waals surface area contributed by atoms with Crippen molar-refractivity contribution in [3.63, 3.8) is 0 Å². The van der Waals surface area contributed by atoms with Gasteiger partial charge in [-0.1, -0.05) is 23.2 Å². The number of esters is 1. The highest BCUT2D eigenvalue weighted by Gasteiger charge is 2.55. The Morgan fingerprint density at radius 3 is 2.03 bits per heavy atom. The molecule has 0 aromatic heterocycles. The van der Waals surface area contributed by atoms with Crippen LogP contribution in [0.25, 0.3) is 0 Å². The molecule has 11 nitrogen and oxygen atoms in total. The van der Waals surface area contributed by atoms with Crippen LogP contribution >= 0.6 is 30.8 Å². The first-order valence-corrected chi connectivity index (χ1v) is 12.0. The van der Waals surface area contributed by atoms with Crippen LogP contribution in [0.3, 0.4) is 0 Å². The van der Waals surface area contributed by atoms with Crippen molar-refractivity contribution >= 4 is 42.5 Å². The molecule has 0 atom stereocenters. The maximum Gasteiger partial charge on any atom is 0.436 e. The van der Waals surface area contributed by atoms with Crippen molar-refractivity contribution in [2.75, 3.05) is 13.2 Å². The predicted molar refractivity (Wildman–Crippen MR) is 118 cm³/mol. The fourth-order valence-corrected chi connectivity index (χ4v) is 4.07. The van der Waals surface area contributed by atoms with E-state index < -0.39 is 76.2 Å². The van der Waals surface area contributed by atoms with Crippen LogP contribution < -0.4 is 4.74 Å². The second-order valence-corrected chi connectivity index (χ2v) is 9.08. The number of alkyl halides is 3. The summed E-state index contributed by atoms with van der Waals surface area (Å²) in [6, 6.07) is 3.54. The van der Waals surface area contributed by atoms with E-state index in [2.05, 4.69) is 0 Å². The third-order valence-electron chi connectivity index (χ3n) is 4.16. The number of benzene rings is 2. The molecule has 0 heterocycles. The van der Waals surface area contributed by atoms with Gasteiger partial charge in [0, 0.05) is 12.1 Å². The zero-order chi connectivity index (χ0) is 27.5. The van der Waals surface area contributed by atoms with Gasteiger partial charge >= 0.3 is 25.5 Å². The number of halogens is 5. The average molecular weight is 578 g/mol. The average Bonchev–Trinajstić information content (AvgIpc) is 2.74. The number of carbonyl (C=O) groups is 1. The van der Waals surface area contributed by atoms with Crippen LogP contribution in [0, 0.1) is 10.1 Å². The minimum Gasteiger partial charge on any atom is -0.454 e. The molecule has 0 amide bonds.